The van der Waals surface area contributed by atoms with Gasteiger partial charge in [-0.1, -0.05) is 6.92 Å². The number of nitrogens with two attached hydrogens (primary N) is 1. The lowest BCUT2D eigenvalue weighted by atomic mass is 10.2. The van der Waals surface area contributed by atoms with Crippen LogP contribution in [0.1, 0.15) is 33.5 Å². The van der Waals surface area contributed by atoms with E-state index in [4.69, 9.17) is 5.73 Å². The average Bonchev–Trinajstić information content (AvgIpc) is 3.08. The Labute approximate surface area is 155 Å². The highest BCUT2D eigenvalue weighted by Crippen LogP contribution is 2.24. The Morgan fingerprint density at radius 3 is 2.58 bits per heavy atom. The number of nitrogens with one attached hydrogen (secondary N) is 1. The number of hydrogen-bond donors (Lipinski definition) is 2. The topological polar surface area (TPSA) is 117 Å². The van der Waals surface area contributed by atoms with Gasteiger partial charge in [0.25, 0.3) is 11.8 Å². The summed E-state index contributed by atoms with van der Waals surface area (Å²) in [5.41, 5.74) is 6.29. The molecule has 1 aliphatic rings. The Morgan fingerprint density at radius 1 is 1.23 bits per heavy atom. The van der Waals surface area contributed by atoms with E-state index in [1.165, 1.54) is 0 Å². The molecule has 2 aromatic rings. The molecule has 9 nitrogen and oxygen atoms in total. The highest BCUT2D eigenvalue weighted by atomic mass is 32.1. The van der Waals surface area contributed by atoms with Gasteiger partial charge in [0.15, 0.2) is 5.69 Å². The molecule has 0 radical (unpaired) electrons. The molecule has 0 atom stereocenters. The smallest absolute Gasteiger partial charge is 0.273 e. The lowest BCUT2D eigenvalue weighted by Gasteiger charge is -2.34. The number of piperazine rings is 1. The van der Waals surface area contributed by atoms with Crippen LogP contribution in [-0.2, 0) is 0 Å². The summed E-state index contributed by atoms with van der Waals surface area (Å²) in [6.07, 6.45) is 4.21. The minimum Gasteiger partial charge on any atom is -0.395 e. The minimum absolute atomic E-state index is 0.128. The van der Waals surface area contributed by atoms with E-state index >= 15 is 0 Å². The molecule has 0 aliphatic carbocycles. The maximum atomic E-state index is 12.7. The number of amides is 2. The van der Waals surface area contributed by atoms with Crippen LogP contribution in [0.15, 0.2) is 18.5 Å². The first-order valence-corrected chi connectivity index (χ1v) is 9.23. The van der Waals surface area contributed by atoms with Gasteiger partial charge in [0.05, 0.1) is 5.69 Å². The SMILES string of the molecule is CCCNC(=O)c1nsc(C(=O)N2CCN(c3ncccn3)CC2)c1N. The van der Waals surface area contributed by atoms with E-state index < -0.39 is 0 Å². The van der Waals surface area contributed by atoms with Crippen molar-refractivity contribution in [3.05, 3.63) is 29.0 Å². The van der Waals surface area contributed by atoms with E-state index in [0.717, 1.165) is 18.0 Å². The molecule has 3 heterocycles. The van der Waals surface area contributed by atoms with Gasteiger partial charge in [-0.2, -0.15) is 4.37 Å². The fourth-order valence-electron chi connectivity index (χ4n) is 2.65. The van der Waals surface area contributed by atoms with E-state index in [2.05, 4.69) is 19.7 Å². The minimum atomic E-state index is -0.342. The van der Waals surface area contributed by atoms with E-state index in [9.17, 15) is 9.59 Å². The second kappa shape index (κ2) is 8.09. The van der Waals surface area contributed by atoms with Crippen LogP contribution in [0.2, 0.25) is 0 Å². The van der Waals surface area contributed by atoms with Gasteiger partial charge in [-0.15, -0.1) is 0 Å². The van der Waals surface area contributed by atoms with Crippen molar-refractivity contribution >= 4 is 35.0 Å². The van der Waals surface area contributed by atoms with E-state index in [1.807, 2.05) is 11.8 Å². The van der Waals surface area contributed by atoms with Gasteiger partial charge in [0.1, 0.15) is 4.88 Å². The summed E-state index contributed by atoms with van der Waals surface area (Å²) in [4.78, 5) is 37.3. The molecule has 0 aromatic carbocycles. The van der Waals surface area contributed by atoms with Crippen LogP contribution in [-0.4, -0.2) is 63.8 Å². The van der Waals surface area contributed by atoms with Crippen LogP contribution >= 0.6 is 11.5 Å². The van der Waals surface area contributed by atoms with Crippen molar-refractivity contribution < 1.29 is 9.59 Å². The van der Waals surface area contributed by atoms with Crippen molar-refractivity contribution in [1.29, 1.82) is 0 Å². The molecule has 2 amide bonds. The van der Waals surface area contributed by atoms with Crippen molar-refractivity contribution in [3.63, 3.8) is 0 Å². The van der Waals surface area contributed by atoms with Crippen molar-refractivity contribution in [3.8, 4) is 0 Å². The molecule has 138 valence electrons. The zero-order chi connectivity index (χ0) is 18.5. The van der Waals surface area contributed by atoms with Crippen molar-refractivity contribution in [2.75, 3.05) is 43.4 Å². The van der Waals surface area contributed by atoms with Crippen molar-refractivity contribution in [2.24, 2.45) is 0 Å². The highest BCUT2D eigenvalue weighted by Gasteiger charge is 2.28. The first-order chi connectivity index (χ1) is 12.6. The standard InChI is InChI=1S/C16H21N7O2S/c1-2-4-18-14(24)12-11(17)13(26-21-12)15(25)22-7-9-23(10-8-22)16-19-5-3-6-20-16/h3,5-6H,2,4,7-10,17H2,1H3,(H,18,24). The molecule has 0 bridgehead atoms. The summed E-state index contributed by atoms with van der Waals surface area (Å²) < 4.78 is 4.07. The molecule has 0 saturated carbocycles. The second-order valence-electron chi connectivity index (χ2n) is 5.86. The molecule has 0 unspecified atom stereocenters. The fraction of sp³-hybridized carbons (Fsp3) is 0.438. The molecule has 1 aliphatic heterocycles. The number of nitrogen functional groups attached to an aromatic ring is 1. The molecular formula is C16H21N7O2S. The van der Waals surface area contributed by atoms with E-state index in [-0.39, 0.29) is 23.2 Å². The summed E-state index contributed by atoms with van der Waals surface area (Å²) in [6.45, 7) is 4.84. The number of rotatable bonds is 5. The predicted molar refractivity (Wildman–Crippen MR) is 99.3 cm³/mol. The normalized spacial score (nSPS) is 14.3. The maximum absolute atomic E-state index is 12.7. The quantitative estimate of drug-likeness (QED) is 0.786. The molecule has 1 fully saturated rings. The van der Waals surface area contributed by atoms with Crippen LogP contribution in [0, 0.1) is 0 Å². The van der Waals surface area contributed by atoms with Crippen LogP contribution in [0.5, 0.6) is 0 Å². The van der Waals surface area contributed by atoms with Crippen LogP contribution in [0.4, 0.5) is 11.6 Å². The van der Waals surface area contributed by atoms with Gasteiger partial charge in [-0.3, -0.25) is 9.59 Å². The molecule has 2 aromatic heterocycles. The van der Waals surface area contributed by atoms with Gasteiger partial charge >= 0.3 is 0 Å². The van der Waals surface area contributed by atoms with Crippen molar-refractivity contribution in [2.45, 2.75) is 13.3 Å². The van der Waals surface area contributed by atoms with E-state index in [0.29, 0.717) is 43.5 Å². The van der Waals surface area contributed by atoms with Crippen LogP contribution in [0.3, 0.4) is 0 Å². The van der Waals surface area contributed by atoms with Gasteiger partial charge in [-0.25, -0.2) is 9.97 Å². The fourth-order valence-corrected chi connectivity index (χ4v) is 3.41. The van der Waals surface area contributed by atoms with Crippen LogP contribution in [0.25, 0.3) is 0 Å². The molecule has 0 spiro atoms. The molecule has 26 heavy (non-hydrogen) atoms. The predicted octanol–water partition coefficient (Wildman–Crippen LogP) is 0.617. The summed E-state index contributed by atoms with van der Waals surface area (Å²) in [7, 11) is 0. The monoisotopic (exact) mass is 375 g/mol. The average molecular weight is 375 g/mol. The largest absolute Gasteiger partial charge is 0.395 e. The summed E-state index contributed by atoms with van der Waals surface area (Å²) in [5, 5.41) is 2.72. The Hall–Kier alpha value is -2.75. The number of hydrogen-bond acceptors (Lipinski definition) is 8. The van der Waals surface area contributed by atoms with Crippen molar-refractivity contribution in [1.82, 2.24) is 24.6 Å². The Bertz CT molecular complexity index is 772. The molecule has 1 saturated heterocycles. The lowest BCUT2D eigenvalue weighted by molar-refractivity contribution is 0.0752. The molecule has 3 rings (SSSR count). The second-order valence-corrected chi connectivity index (χ2v) is 6.63. The lowest BCUT2D eigenvalue weighted by Crippen LogP contribution is -2.49. The Kier molecular flexibility index (Phi) is 5.61. The zero-order valence-electron chi connectivity index (χ0n) is 14.5. The third-order valence-corrected chi connectivity index (χ3v) is 4.93. The molecule has 3 N–H and O–H groups in total. The highest BCUT2D eigenvalue weighted by molar-refractivity contribution is 7.09. The summed E-state index contributed by atoms with van der Waals surface area (Å²) in [6, 6.07) is 1.77. The number of anilines is 2. The number of nitrogens with zero attached hydrogens (tertiary/aromatic N) is 5. The third kappa shape index (κ3) is 3.74. The summed E-state index contributed by atoms with van der Waals surface area (Å²) in [5.74, 6) is 0.126. The van der Waals surface area contributed by atoms with Gasteiger partial charge in [0.2, 0.25) is 5.95 Å². The number of aromatic nitrogens is 3. The maximum Gasteiger partial charge on any atom is 0.273 e. The summed E-state index contributed by atoms with van der Waals surface area (Å²) >= 11 is 0.972. The van der Waals surface area contributed by atoms with E-state index in [1.54, 1.807) is 23.4 Å². The van der Waals surface area contributed by atoms with Gasteiger partial charge in [-0.05, 0) is 24.0 Å². The molecule has 10 heteroatoms. The number of carbonyl (C=O) groups excluding carboxylic acids is 2. The molecular weight excluding hydrogens is 354 g/mol. The first-order valence-electron chi connectivity index (χ1n) is 8.46. The Balaban J connectivity index is 1.64. The Morgan fingerprint density at radius 2 is 1.92 bits per heavy atom. The zero-order valence-corrected chi connectivity index (χ0v) is 15.3. The first kappa shape index (κ1) is 18.1. The van der Waals surface area contributed by atoms with Gasteiger partial charge in [0, 0.05) is 45.1 Å². The number of carbonyl (C=O) groups is 2. The van der Waals surface area contributed by atoms with Crippen LogP contribution < -0.4 is 16.0 Å². The van der Waals surface area contributed by atoms with Gasteiger partial charge < -0.3 is 20.9 Å². The third-order valence-electron chi connectivity index (χ3n) is 4.07.